The molecule has 4 aromatic rings. The number of methoxy groups -OCH3 is 1. The van der Waals surface area contributed by atoms with E-state index in [0.29, 0.717) is 27.9 Å². The lowest BCUT2D eigenvalue weighted by atomic mass is 10.1. The monoisotopic (exact) mass is 611 g/mol. The molecule has 3 N–H and O–H groups in total. The van der Waals surface area contributed by atoms with Gasteiger partial charge in [0.15, 0.2) is 25.4 Å². The molecule has 4 aromatic carbocycles. The summed E-state index contributed by atoms with van der Waals surface area (Å²) in [6.07, 6.45) is 0. The van der Waals surface area contributed by atoms with E-state index in [1.165, 1.54) is 50.4 Å². The maximum atomic E-state index is 12.4. The Morgan fingerprint density at radius 1 is 0.714 bits per heavy atom. The number of benzene rings is 4. The second-order valence-corrected chi connectivity index (χ2v) is 13.5. The Hall–Kier alpha value is -4.56. The van der Waals surface area contributed by atoms with Crippen LogP contribution in [0.1, 0.15) is 13.8 Å². The van der Waals surface area contributed by atoms with Crippen LogP contribution in [0.25, 0.3) is 10.8 Å². The van der Waals surface area contributed by atoms with Crippen molar-refractivity contribution in [1.82, 2.24) is 0 Å². The summed E-state index contributed by atoms with van der Waals surface area (Å²) in [4.78, 5) is 0.0557. The molecule has 0 saturated carbocycles. The number of sulfone groups is 2. The van der Waals surface area contributed by atoms with Gasteiger partial charge in [0.1, 0.15) is 34.2 Å². The number of phenols is 2. The minimum Gasteiger partial charge on any atom is -0.506 e. The molecule has 0 radical (unpaired) electrons. The topological polar surface area (TPSA) is 179 Å². The first kappa shape index (κ1) is 30.4. The van der Waals surface area contributed by atoms with Crippen molar-refractivity contribution in [3.63, 3.8) is 0 Å². The Balaban J connectivity index is 1.75. The van der Waals surface area contributed by atoms with Gasteiger partial charge >= 0.3 is 0 Å². The maximum Gasteiger partial charge on any atom is 0.178 e. The standard InChI is InChI=1S/C28H29N5O7S2/c1-5-41(36,37)17-8-14-26(40-4)24(15-17)32-33-27-19-9-13-23(28(35)20(19)10-12-22(27)29-3)31-30-21-11-7-18(16-25(21)34)42(38,39)6-2/h7-16,29,34-35H,5-6H2,1-4H3. The molecule has 0 heterocycles. The summed E-state index contributed by atoms with van der Waals surface area (Å²) in [6, 6.07) is 14.6. The van der Waals surface area contributed by atoms with Crippen LogP contribution in [0.5, 0.6) is 17.2 Å². The molecule has 0 atom stereocenters. The fourth-order valence-electron chi connectivity index (χ4n) is 4.02. The van der Waals surface area contributed by atoms with Gasteiger partial charge in [0.25, 0.3) is 0 Å². The van der Waals surface area contributed by atoms with Gasteiger partial charge < -0.3 is 20.3 Å². The summed E-state index contributed by atoms with van der Waals surface area (Å²) in [5, 5.41) is 41.9. The number of anilines is 1. The first-order valence-electron chi connectivity index (χ1n) is 12.7. The van der Waals surface area contributed by atoms with Crippen molar-refractivity contribution in [2.75, 3.05) is 31.0 Å². The van der Waals surface area contributed by atoms with Crippen molar-refractivity contribution < 1.29 is 31.8 Å². The van der Waals surface area contributed by atoms with E-state index >= 15 is 0 Å². The molecule has 0 saturated heterocycles. The normalized spacial score (nSPS) is 12.4. The van der Waals surface area contributed by atoms with E-state index in [2.05, 4.69) is 25.8 Å². The molecular formula is C28H29N5O7S2. The van der Waals surface area contributed by atoms with Crippen LogP contribution >= 0.6 is 0 Å². The molecule has 42 heavy (non-hydrogen) atoms. The number of azo groups is 2. The Morgan fingerprint density at radius 2 is 1.29 bits per heavy atom. The number of nitrogens with zero attached hydrogens (tertiary/aromatic N) is 4. The number of nitrogens with one attached hydrogen (secondary N) is 1. The molecule has 0 bridgehead atoms. The highest BCUT2D eigenvalue weighted by molar-refractivity contribution is 7.91. The first-order valence-corrected chi connectivity index (χ1v) is 16.0. The van der Waals surface area contributed by atoms with E-state index in [1.807, 2.05) is 0 Å². The summed E-state index contributed by atoms with van der Waals surface area (Å²) in [5.41, 5.74) is 1.27. The first-order chi connectivity index (χ1) is 19.9. The van der Waals surface area contributed by atoms with Crippen LogP contribution in [0.15, 0.2) is 90.9 Å². The molecule has 14 heteroatoms. The van der Waals surface area contributed by atoms with Crippen LogP contribution in [-0.2, 0) is 19.7 Å². The third-order valence-electron chi connectivity index (χ3n) is 6.49. The van der Waals surface area contributed by atoms with Gasteiger partial charge in [0, 0.05) is 23.9 Å². The Bertz CT molecular complexity index is 1940. The van der Waals surface area contributed by atoms with Crippen molar-refractivity contribution in [3.8, 4) is 17.2 Å². The summed E-state index contributed by atoms with van der Waals surface area (Å²) in [5.74, 6) is -0.451. The zero-order chi connectivity index (χ0) is 30.7. The van der Waals surface area contributed by atoms with Gasteiger partial charge in [-0.2, -0.15) is 0 Å². The predicted octanol–water partition coefficient (Wildman–Crippen LogP) is 6.72. The molecule has 4 rings (SSSR count). The van der Waals surface area contributed by atoms with Crippen LogP contribution in [0, 0.1) is 0 Å². The highest BCUT2D eigenvalue weighted by Crippen LogP contribution is 2.44. The minimum atomic E-state index is -3.51. The smallest absolute Gasteiger partial charge is 0.178 e. The second-order valence-electron chi connectivity index (χ2n) is 8.93. The maximum absolute atomic E-state index is 12.4. The Morgan fingerprint density at radius 3 is 1.90 bits per heavy atom. The van der Waals surface area contributed by atoms with Crippen molar-refractivity contribution in [2.45, 2.75) is 23.6 Å². The van der Waals surface area contributed by atoms with Gasteiger partial charge in [-0.1, -0.05) is 13.8 Å². The molecule has 0 amide bonds. The number of fused-ring (bicyclic) bond motifs is 1. The number of ether oxygens (including phenoxy) is 1. The van der Waals surface area contributed by atoms with Gasteiger partial charge in [-0.15, -0.1) is 20.5 Å². The molecule has 0 spiro atoms. The summed E-state index contributed by atoms with van der Waals surface area (Å²) in [7, 11) is -3.86. The summed E-state index contributed by atoms with van der Waals surface area (Å²) >= 11 is 0. The second kappa shape index (κ2) is 12.1. The molecule has 0 aliphatic carbocycles. The molecule has 0 fully saturated rings. The van der Waals surface area contributed by atoms with Crippen molar-refractivity contribution in [1.29, 1.82) is 0 Å². The van der Waals surface area contributed by atoms with Crippen LogP contribution in [-0.4, -0.2) is 52.7 Å². The fraction of sp³-hybridized carbons (Fsp3) is 0.214. The van der Waals surface area contributed by atoms with Gasteiger partial charge in [-0.25, -0.2) is 16.8 Å². The average molecular weight is 612 g/mol. The number of aromatic hydroxyl groups is 2. The van der Waals surface area contributed by atoms with Gasteiger partial charge in [-0.05, 0) is 54.6 Å². The van der Waals surface area contributed by atoms with Crippen molar-refractivity contribution in [3.05, 3.63) is 60.7 Å². The van der Waals surface area contributed by atoms with E-state index in [1.54, 1.807) is 32.2 Å². The SMILES string of the molecule is CCS(=O)(=O)c1ccc(N=Nc2ccc3c(N=Nc4cc(S(=O)(=O)CC)ccc4OC)c(NC)ccc3c2O)c(O)c1. The van der Waals surface area contributed by atoms with Crippen LogP contribution in [0.4, 0.5) is 28.4 Å². The third-order valence-corrected chi connectivity index (χ3v) is 9.96. The predicted molar refractivity (Wildman–Crippen MR) is 160 cm³/mol. The zero-order valence-electron chi connectivity index (χ0n) is 23.2. The van der Waals surface area contributed by atoms with E-state index in [0.717, 1.165) is 6.07 Å². The van der Waals surface area contributed by atoms with Gasteiger partial charge in [0.2, 0.25) is 0 Å². The van der Waals surface area contributed by atoms with Crippen LogP contribution in [0.3, 0.4) is 0 Å². The fourth-order valence-corrected chi connectivity index (χ4v) is 5.82. The molecular weight excluding hydrogens is 582 g/mol. The van der Waals surface area contributed by atoms with Crippen molar-refractivity contribution >= 4 is 58.9 Å². The van der Waals surface area contributed by atoms with E-state index in [9.17, 15) is 27.0 Å². The number of hydrogen-bond donors (Lipinski definition) is 3. The van der Waals surface area contributed by atoms with Crippen LogP contribution in [0.2, 0.25) is 0 Å². The molecule has 0 aliphatic rings. The van der Waals surface area contributed by atoms with Gasteiger partial charge in [0.05, 0.1) is 34.1 Å². The Kier molecular flexibility index (Phi) is 8.78. The number of rotatable bonds is 10. The third kappa shape index (κ3) is 6.04. The largest absolute Gasteiger partial charge is 0.506 e. The van der Waals surface area contributed by atoms with E-state index in [-0.39, 0.29) is 49.9 Å². The summed E-state index contributed by atoms with van der Waals surface area (Å²) < 4.78 is 54.3. The lowest BCUT2D eigenvalue weighted by Crippen LogP contribution is -2.03. The number of phenolic OH excluding ortho intramolecular Hbond substituents is 2. The molecule has 0 aliphatic heterocycles. The lowest BCUT2D eigenvalue weighted by Gasteiger charge is -2.11. The minimum absolute atomic E-state index is 0.0193. The molecule has 220 valence electrons. The molecule has 0 unspecified atom stereocenters. The highest BCUT2D eigenvalue weighted by atomic mass is 32.2. The van der Waals surface area contributed by atoms with E-state index in [4.69, 9.17) is 4.74 Å². The number of hydrogen-bond acceptors (Lipinski definition) is 12. The van der Waals surface area contributed by atoms with E-state index < -0.39 is 19.7 Å². The molecule has 12 nitrogen and oxygen atoms in total. The zero-order valence-corrected chi connectivity index (χ0v) is 24.9. The van der Waals surface area contributed by atoms with Crippen molar-refractivity contribution in [2.24, 2.45) is 20.5 Å². The highest BCUT2D eigenvalue weighted by Gasteiger charge is 2.17. The average Bonchev–Trinajstić information content (AvgIpc) is 2.99. The molecule has 0 aromatic heterocycles. The van der Waals surface area contributed by atoms with Gasteiger partial charge in [-0.3, -0.25) is 0 Å². The Labute approximate surface area is 243 Å². The lowest BCUT2D eigenvalue weighted by molar-refractivity contribution is 0.415. The quantitative estimate of drug-likeness (QED) is 0.165. The van der Waals surface area contributed by atoms with Crippen LogP contribution < -0.4 is 10.1 Å². The summed E-state index contributed by atoms with van der Waals surface area (Å²) in [6.45, 7) is 3.05.